The lowest BCUT2D eigenvalue weighted by molar-refractivity contribution is 0.826. The largest absolute Gasteiger partial charge is 0.321 e. The molecule has 30 heavy (non-hydrogen) atoms. The zero-order valence-corrected chi connectivity index (χ0v) is 16.3. The Labute approximate surface area is 172 Å². The molecule has 2 aromatic heterocycles. The van der Waals surface area contributed by atoms with Crippen molar-refractivity contribution in [1.29, 1.82) is 0 Å². The van der Waals surface area contributed by atoms with Gasteiger partial charge in [0.1, 0.15) is 0 Å². The quantitative estimate of drug-likeness (QED) is 0.459. The molecule has 2 N–H and O–H groups in total. The predicted octanol–water partition coefficient (Wildman–Crippen LogP) is 4.83. The minimum Gasteiger partial charge on any atom is -0.321 e. The smallest absolute Gasteiger partial charge is 0.279 e. The van der Waals surface area contributed by atoms with Gasteiger partial charge in [-0.1, -0.05) is 60.7 Å². The molecule has 0 spiro atoms. The van der Waals surface area contributed by atoms with Gasteiger partial charge in [0.05, 0.1) is 11.1 Å². The average molecular weight is 393 g/mol. The lowest BCUT2D eigenvalue weighted by Crippen LogP contribution is -2.22. The van der Waals surface area contributed by atoms with Crippen LogP contribution in [0.4, 0.5) is 11.6 Å². The third kappa shape index (κ3) is 3.24. The van der Waals surface area contributed by atoms with E-state index in [1.165, 1.54) is 4.68 Å². The van der Waals surface area contributed by atoms with E-state index in [2.05, 4.69) is 32.7 Å². The van der Waals surface area contributed by atoms with Crippen LogP contribution in [0.2, 0.25) is 0 Å². The van der Waals surface area contributed by atoms with Crippen LogP contribution in [-0.4, -0.2) is 20.0 Å². The summed E-state index contributed by atoms with van der Waals surface area (Å²) in [6, 6.07) is 27.3. The highest BCUT2D eigenvalue weighted by Gasteiger charge is 2.13. The number of anilines is 2. The van der Waals surface area contributed by atoms with Crippen LogP contribution in [-0.2, 0) is 0 Å². The van der Waals surface area contributed by atoms with E-state index in [0.717, 1.165) is 22.2 Å². The Morgan fingerprint density at radius 1 is 0.833 bits per heavy atom. The van der Waals surface area contributed by atoms with Crippen molar-refractivity contribution in [2.75, 3.05) is 5.32 Å². The molecule has 6 nitrogen and oxygen atoms in total. The molecule has 5 aromatic rings. The molecule has 0 saturated heterocycles. The first-order chi connectivity index (χ1) is 14.7. The minimum atomic E-state index is -0.165. The van der Waals surface area contributed by atoms with E-state index in [1.54, 1.807) is 0 Å². The SMILES string of the molecule is Cc1cc(Nc2nn(-c3ccc(-c4ccccc4)cc3)c(=O)c3ccccc23)n[nH]1. The second kappa shape index (κ2) is 7.33. The second-order valence-electron chi connectivity index (χ2n) is 7.09. The molecule has 0 amide bonds. The summed E-state index contributed by atoms with van der Waals surface area (Å²) in [5.41, 5.74) is 3.68. The van der Waals surface area contributed by atoms with Gasteiger partial charge in [0.2, 0.25) is 0 Å². The van der Waals surface area contributed by atoms with Crippen LogP contribution < -0.4 is 10.9 Å². The molecule has 0 aliphatic carbocycles. The number of fused-ring (bicyclic) bond motifs is 1. The highest BCUT2D eigenvalue weighted by molar-refractivity contribution is 5.92. The van der Waals surface area contributed by atoms with Crippen molar-refractivity contribution >= 4 is 22.4 Å². The molecular weight excluding hydrogens is 374 g/mol. The fourth-order valence-corrected chi connectivity index (χ4v) is 3.49. The highest BCUT2D eigenvalue weighted by atomic mass is 16.1. The molecule has 146 valence electrons. The zero-order valence-electron chi connectivity index (χ0n) is 16.3. The van der Waals surface area contributed by atoms with E-state index in [9.17, 15) is 4.79 Å². The van der Waals surface area contributed by atoms with Gasteiger partial charge in [-0.25, -0.2) is 0 Å². The van der Waals surface area contributed by atoms with Gasteiger partial charge in [0.15, 0.2) is 11.6 Å². The normalized spacial score (nSPS) is 11.0. The van der Waals surface area contributed by atoms with Gasteiger partial charge in [0.25, 0.3) is 5.56 Å². The summed E-state index contributed by atoms with van der Waals surface area (Å²) in [6.07, 6.45) is 0. The molecule has 3 aromatic carbocycles. The van der Waals surface area contributed by atoms with Crippen LogP contribution in [0.1, 0.15) is 5.69 Å². The molecule has 0 unspecified atom stereocenters. The molecule has 0 radical (unpaired) electrons. The number of H-pyrrole nitrogens is 1. The first kappa shape index (κ1) is 17.9. The minimum absolute atomic E-state index is 0.165. The summed E-state index contributed by atoms with van der Waals surface area (Å²) in [5, 5.41) is 16.3. The van der Waals surface area contributed by atoms with E-state index in [-0.39, 0.29) is 5.56 Å². The van der Waals surface area contributed by atoms with Crippen LogP contribution in [0.3, 0.4) is 0 Å². The first-order valence-electron chi connectivity index (χ1n) is 9.66. The summed E-state index contributed by atoms with van der Waals surface area (Å²) in [5.74, 6) is 1.22. The van der Waals surface area contributed by atoms with Gasteiger partial charge in [0, 0.05) is 17.1 Å². The molecule has 6 heteroatoms. The van der Waals surface area contributed by atoms with Gasteiger partial charge in [-0.15, -0.1) is 5.10 Å². The molecule has 0 saturated carbocycles. The molecule has 5 rings (SSSR count). The predicted molar refractivity (Wildman–Crippen MR) is 119 cm³/mol. The van der Waals surface area contributed by atoms with Gasteiger partial charge in [-0.3, -0.25) is 9.89 Å². The Kier molecular flexibility index (Phi) is 4.37. The summed E-state index contributed by atoms with van der Waals surface area (Å²) in [7, 11) is 0. The van der Waals surface area contributed by atoms with E-state index >= 15 is 0 Å². The Balaban J connectivity index is 1.62. The fraction of sp³-hybridized carbons (Fsp3) is 0.0417. The van der Waals surface area contributed by atoms with Crippen molar-refractivity contribution in [3.63, 3.8) is 0 Å². The number of nitrogens with one attached hydrogen (secondary N) is 2. The standard InChI is InChI=1S/C24H19N5O/c1-16-15-22(27-26-16)25-23-20-9-5-6-10-21(20)24(30)29(28-23)19-13-11-18(12-14-19)17-7-3-2-4-8-17/h2-15H,1H3,(H2,25,26,27,28). The summed E-state index contributed by atoms with van der Waals surface area (Å²) in [4.78, 5) is 13.1. The molecule has 0 atom stereocenters. The zero-order chi connectivity index (χ0) is 20.5. The topological polar surface area (TPSA) is 75.6 Å². The summed E-state index contributed by atoms with van der Waals surface area (Å²) in [6.45, 7) is 1.93. The lowest BCUT2D eigenvalue weighted by atomic mass is 10.1. The van der Waals surface area contributed by atoms with Crippen molar-refractivity contribution in [3.8, 4) is 16.8 Å². The van der Waals surface area contributed by atoms with Gasteiger partial charge >= 0.3 is 0 Å². The van der Waals surface area contributed by atoms with Crippen LogP contribution in [0, 0.1) is 6.92 Å². The maximum Gasteiger partial charge on any atom is 0.279 e. The Bertz CT molecular complexity index is 1390. The van der Waals surface area contributed by atoms with Gasteiger partial charge in [-0.2, -0.15) is 9.78 Å². The van der Waals surface area contributed by atoms with E-state index in [4.69, 9.17) is 0 Å². The summed E-state index contributed by atoms with van der Waals surface area (Å²) >= 11 is 0. The number of rotatable bonds is 4. The average Bonchev–Trinajstić information content (AvgIpc) is 3.21. The molecule has 0 aliphatic rings. The molecule has 0 bridgehead atoms. The van der Waals surface area contributed by atoms with Crippen LogP contribution in [0.25, 0.3) is 27.6 Å². The number of nitrogens with zero attached hydrogens (tertiary/aromatic N) is 3. The van der Waals surface area contributed by atoms with Crippen LogP contribution in [0.5, 0.6) is 0 Å². The van der Waals surface area contributed by atoms with E-state index in [1.807, 2.05) is 79.7 Å². The number of aromatic amines is 1. The number of aryl methyl sites for hydroxylation is 1. The first-order valence-corrected chi connectivity index (χ1v) is 9.66. The van der Waals surface area contributed by atoms with Gasteiger partial charge < -0.3 is 5.32 Å². The fourth-order valence-electron chi connectivity index (χ4n) is 3.49. The number of hydrogen-bond donors (Lipinski definition) is 2. The molecule has 2 heterocycles. The van der Waals surface area contributed by atoms with Crippen molar-refractivity contribution in [1.82, 2.24) is 20.0 Å². The maximum absolute atomic E-state index is 13.1. The summed E-state index contributed by atoms with van der Waals surface area (Å²) < 4.78 is 1.43. The van der Waals surface area contributed by atoms with Crippen molar-refractivity contribution < 1.29 is 0 Å². The maximum atomic E-state index is 13.1. The number of hydrogen-bond acceptors (Lipinski definition) is 4. The Morgan fingerprint density at radius 3 is 2.20 bits per heavy atom. The van der Waals surface area contributed by atoms with Crippen LogP contribution >= 0.6 is 0 Å². The van der Waals surface area contributed by atoms with Crippen molar-refractivity contribution in [2.45, 2.75) is 6.92 Å². The lowest BCUT2D eigenvalue weighted by Gasteiger charge is -2.12. The van der Waals surface area contributed by atoms with E-state index < -0.39 is 0 Å². The molecule has 0 aliphatic heterocycles. The monoisotopic (exact) mass is 393 g/mol. The van der Waals surface area contributed by atoms with Gasteiger partial charge in [-0.05, 0) is 36.2 Å². The molecule has 0 fully saturated rings. The Morgan fingerprint density at radius 2 is 1.50 bits per heavy atom. The van der Waals surface area contributed by atoms with Crippen molar-refractivity contribution in [3.05, 3.63) is 101 Å². The second-order valence-corrected chi connectivity index (χ2v) is 7.09. The highest BCUT2D eigenvalue weighted by Crippen LogP contribution is 2.24. The third-order valence-electron chi connectivity index (χ3n) is 4.98. The van der Waals surface area contributed by atoms with Crippen LogP contribution in [0.15, 0.2) is 89.7 Å². The van der Waals surface area contributed by atoms with Crippen molar-refractivity contribution in [2.24, 2.45) is 0 Å². The number of benzene rings is 3. The third-order valence-corrected chi connectivity index (χ3v) is 4.98. The Hall–Kier alpha value is -4.19. The number of aromatic nitrogens is 4. The molecular formula is C24H19N5O. The van der Waals surface area contributed by atoms with E-state index in [0.29, 0.717) is 22.7 Å².